The number of rotatable bonds is 6. The van der Waals surface area contributed by atoms with Crippen molar-refractivity contribution >= 4 is 22.8 Å². The van der Waals surface area contributed by atoms with E-state index in [2.05, 4.69) is 15.3 Å². The highest BCUT2D eigenvalue weighted by Crippen LogP contribution is 2.27. The van der Waals surface area contributed by atoms with Crippen molar-refractivity contribution in [3.05, 3.63) is 65.5 Å². The van der Waals surface area contributed by atoms with Crippen LogP contribution in [0.15, 0.2) is 42.5 Å². The fraction of sp³-hybridized carbons (Fsp3) is 0.348. The molecular weight excluding hydrogens is 402 g/mol. The van der Waals surface area contributed by atoms with Crippen LogP contribution in [0, 0.1) is 11.6 Å². The van der Waals surface area contributed by atoms with Gasteiger partial charge < -0.3 is 15.2 Å². The van der Waals surface area contributed by atoms with Gasteiger partial charge in [0.1, 0.15) is 17.5 Å². The number of halogens is 2. The third kappa shape index (κ3) is 4.90. The van der Waals surface area contributed by atoms with Gasteiger partial charge >= 0.3 is 0 Å². The lowest BCUT2D eigenvalue weighted by molar-refractivity contribution is -0.132. The first-order valence-corrected chi connectivity index (χ1v) is 10.5. The monoisotopic (exact) mass is 426 g/mol. The lowest BCUT2D eigenvalue weighted by Gasteiger charge is -2.32. The topological polar surface area (TPSA) is 78.1 Å². The summed E-state index contributed by atoms with van der Waals surface area (Å²) >= 11 is 0. The molecule has 6 nitrogen and oxygen atoms in total. The molecule has 1 aromatic heterocycles. The van der Waals surface area contributed by atoms with Gasteiger partial charge in [-0.2, -0.15) is 0 Å². The van der Waals surface area contributed by atoms with Gasteiger partial charge in [-0.25, -0.2) is 13.8 Å². The molecule has 2 N–H and O–H groups in total. The Labute approximate surface area is 178 Å². The second kappa shape index (κ2) is 9.24. The zero-order valence-electron chi connectivity index (χ0n) is 17.0. The van der Waals surface area contributed by atoms with Crippen LogP contribution >= 0.6 is 0 Å². The van der Waals surface area contributed by atoms with E-state index >= 15 is 0 Å². The molecule has 162 valence electrons. The number of nitrogens with one attached hydrogen (secondary N) is 2. The molecule has 1 saturated heterocycles. The van der Waals surface area contributed by atoms with Gasteiger partial charge in [0.25, 0.3) is 5.91 Å². The normalized spacial score (nSPS) is 16.5. The maximum atomic E-state index is 13.7. The van der Waals surface area contributed by atoms with Crippen LogP contribution in [0.3, 0.4) is 0 Å². The number of H-pyrrole nitrogens is 1. The van der Waals surface area contributed by atoms with Gasteiger partial charge in [0, 0.05) is 38.0 Å². The maximum absolute atomic E-state index is 13.7. The minimum absolute atomic E-state index is 0.0306. The van der Waals surface area contributed by atoms with Crippen LogP contribution in [0.25, 0.3) is 11.0 Å². The van der Waals surface area contributed by atoms with Crippen LogP contribution in [0.1, 0.15) is 47.8 Å². The summed E-state index contributed by atoms with van der Waals surface area (Å²) in [5, 5.41) is 2.58. The molecule has 31 heavy (non-hydrogen) atoms. The molecular formula is C23H24F2N4O2. The van der Waals surface area contributed by atoms with E-state index in [1.807, 2.05) is 29.2 Å². The van der Waals surface area contributed by atoms with Gasteiger partial charge in [0.15, 0.2) is 0 Å². The molecule has 2 aromatic carbocycles. The van der Waals surface area contributed by atoms with Gasteiger partial charge in [0.2, 0.25) is 5.91 Å². The fourth-order valence-electron chi connectivity index (χ4n) is 3.96. The van der Waals surface area contributed by atoms with Gasteiger partial charge in [0.05, 0.1) is 16.6 Å². The van der Waals surface area contributed by atoms with E-state index in [-0.39, 0.29) is 23.9 Å². The Balaban J connectivity index is 1.26. The number of carbonyl (C=O) groups is 2. The third-order valence-corrected chi connectivity index (χ3v) is 5.60. The quantitative estimate of drug-likeness (QED) is 0.589. The highest BCUT2D eigenvalue weighted by Gasteiger charge is 2.26. The Bertz CT molecular complexity index is 1070. The zero-order chi connectivity index (χ0) is 21.8. The van der Waals surface area contributed by atoms with Gasteiger partial charge in [-0.1, -0.05) is 12.1 Å². The average Bonchev–Trinajstić information content (AvgIpc) is 3.21. The Kier molecular flexibility index (Phi) is 6.25. The molecule has 0 radical (unpaired) electrons. The van der Waals surface area contributed by atoms with Crippen molar-refractivity contribution < 1.29 is 18.4 Å². The molecule has 2 amide bonds. The molecule has 1 atom stereocenters. The number of para-hydroxylation sites is 2. The van der Waals surface area contributed by atoms with Crippen molar-refractivity contribution in [3.63, 3.8) is 0 Å². The van der Waals surface area contributed by atoms with Crippen LogP contribution in [0.2, 0.25) is 0 Å². The lowest BCUT2D eigenvalue weighted by atomic mass is 9.97. The molecule has 1 aliphatic heterocycles. The number of nitrogens with zero attached hydrogens (tertiary/aromatic N) is 2. The van der Waals surface area contributed by atoms with E-state index < -0.39 is 17.5 Å². The highest BCUT2D eigenvalue weighted by molar-refractivity contribution is 5.94. The molecule has 1 unspecified atom stereocenters. The summed E-state index contributed by atoms with van der Waals surface area (Å²) in [4.78, 5) is 34.5. The SMILES string of the molecule is O=C(NCCCC(=O)N1CCCC(c2nc3ccccc3[nH]2)C1)c1ccc(F)cc1F. The summed E-state index contributed by atoms with van der Waals surface area (Å²) in [7, 11) is 0. The molecule has 0 saturated carbocycles. The standard InChI is InChI=1S/C23H24F2N4O2/c24-16-9-10-17(18(25)13-16)23(31)26-11-3-8-21(30)29-12-4-5-15(14-29)22-27-19-6-1-2-7-20(19)28-22/h1-2,6-7,9-10,13,15H,3-5,8,11-12,14H2,(H,26,31)(H,27,28). The van der Waals surface area contributed by atoms with E-state index in [0.717, 1.165) is 41.8 Å². The average molecular weight is 426 g/mol. The second-order valence-electron chi connectivity index (χ2n) is 7.80. The van der Waals surface area contributed by atoms with E-state index in [4.69, 9.17) is 0 Å². The lowest BCUT2D eigenvalue weighted by Crippen LogP contribution is -2.39. The summed E-state index contributed by atoms with van der Waals surface area (Å²) in [6.45, 7) is 1.57. The number of aromatic nitrogens is 2. The van der Waals surface area contributed by atoms with E-state index in [0.29, 0.717) is 32.0 Å². The van der Waals surface area contributed by atoms with Crippen molar-refractivity contribution in [1.29, 1.82) is 0 Å². The Morgan fingerprint density at radius 3 is 2.84 bits per heavy atom. The Morgan fingerprint density at radius 2 is 2.03 bits per heavy atom. The van der Waals surface area contributed by atoms with Gasteiger partial charge in [-0.15, -0.1) is 0 Å². The zero-order valence-corrected chi connectivity index (χ0v) is 17.0. The first kappa shape index (κ1) is 21.0. The molecule has 4 rings (SSSR count). The number of benzene rings is 2. The number of imidazole rings is 1. The summed E-state index contributed by atoms with van der Waals surface area (Å²) in [5.74, 6) is -1.14. The van der Waals surface area contributed by atoms with Crippen molar-refractivity contribution in [2.24, 2.45) is 0 Å². The number of carbonyl (C=O) groups excluding carboxylic acids is 2. The molecule has 8 heteroatoms. The van der Waals surface area contributed by atoms with E-state index in [1.165, 1.54) is 0 Å². The Hall–Kier alpha value is -3.29. The van der Waals surface area contributed by atoms with Crippen LogP contribution in [0.5, 0.6) is 0 Å². The number of fused-ring (bicyclic) bond motifs is 1. The number of amides is 2. The summed E-state index contributed by atoms with van der Waals surface area (Å²) in [6, 6.07) is 10.7. The van der Waals surface area contributed by atoms with E-state index in [9.17, 15) is 18.4 Å². The highest BCUT2D eigenvalue weighted by atomic mass is 19.1. The number of aromatic amines is 1. The predicted molar refractivity (Wildman–Crippen MR) is 113 cm³/mol. The number of piperidine rings is 1. The van der Waals surface area contributed by atoms with Crippen LogP contribution in [-0.2, 0) is 4.79 Å². The fourth-order valence-corrected chi connectivity index (χ4v) is 3.96. The van der Waals surface area contributed by atoms with Gasteiger partial charge in [-0.05, 0) is 43.5 Å². The number of hydrogen-bond donors (Lipinski definition) is 2. The summed E-state index contributed by atoms with van der Waals surface area (Å²) in [5.41, 5.74) is 1.71. The van der Waals surface area contributed by atoms with Crippen LogP contribution < -0.4 is 5.32 Å². The van der Waals surface area contributed by atoms with E-state index in [1.54, 1.807) is 0 Å². The minimum Gasteiger partial charge on any atom is -0.352 e. The smallest absolute Gasteiger partial charge is 0.254 e. The van der Waals surface area contributed by atoms with Gasteiger partial charge in [-0.3, -0.25) is 9.59 Å². The van der Waals surface area contributed by atoms with Crippen LogP contribution in [-0.4, -0.2) is 46.3 Å². The third-order valence-electron chi connectivity index (χ3n) is 5.60. The summed E-state index contributed by atoms with van der Waals surface area (Å²) in [6.07, 6.45) is 2.62. The molecule has 1 aliphatic rings. The molecule has 0 bridgehead atoms. The van der Waals surface area contributed by atoms with Crippen LogP contribution in [0.4, 0.5) is 8.78 Å². The van der Waals surface area contributed by atoms with Crippen molar-refractivity contribution in [2.45, 2.75) is 31.6 Å². The molecule has 0 aliphatic carbocycles. The predicted octanol–water partition coefficient (Wildman–Crippen LogP) is 3.76. The second-order valence-corrected chi connectivity index (χ2v) is 7.80. The van der Waals surface area contributed by atoms with Crippen molar-refractivity contribution in [3.8, 4) is 0 Å². The van der Waals surface area contributed by atoms with Crippen molar-refractivity contribution in [1.82, 2.24) is 20.2 Å². The minimum atomic E-state index is -0.904. The number of likely N-dealkylation sites (tertiary alicyclic amines) is 1. The first-order chi connectivity index (χ1) is 15.0. The van der Waals surface area contributed by atoms with Crippen molar-refractivity contribution in [2.75, 3.05) is 19.6 Å². The molecule has 1 fully saturated rings. The largest absolute Gasteiger partial charge is 0.352 e. The number of hydrogen-bond acceptors (Lipinski definition) is 3. The maximum Gasteiger partial charge on any atom is 0.254 e. The first-order valence-electron chi connectivity index (χ1n) is 10.5. The molecule has 0 spiro atoms. The Morgan fingerprint density at radius 1 is 1.19 bits per heavy atom. The molecule has 2 heterocycles. The molecule has 3 aromatic rings. The summed E-state index contributed by atoms with van der Waals surface area (Å²) < 4.78 is 26.6.